The normalized spacial score (nSPS) is 16.4. The number of hydrogen-bond donors (Lipinski definition) is 0. The standard InChI is InChI=1S/C26H30PS2/c1-26(28-21-12-22-29-26)19-11-20-27(23-13-5-2-6-14-23,24-15-7-3-8-16-24)25-17-9-4-10-18-25/h2-10,13-18H,11-12,19-22H2,1H3/q+1. The lowest BCUT2D eigenvalue weighted by Crippen LogP contribution is -2.34. The van der Waals surface area contributed by atoms with Gasteiger partial charge in [0.25, 0.3) is 0 Å². The molecule has 1 aliphatic heterocycles. The van der Waals surface area contributed by atoms with E-state index in [0.717, 1.165) is 0 Å². The van der Waals surface area contributed by atoms with Crippen molar-refractivity contribution in [1.29, 1.82) is 0 Å². The molecule has 1 fully saturated rings. The predicted octanol–water partition coefficient (Wildman–Crippen LogP) is 6.35. The van der Waals surface area contributed by atoms with Crippen molar-refractivity contribution in [1.82, 2.24) is 0 Å². The minimum absolute atomic E-state index is 0.387. The Labute approximate surface area is 185 Å². The predicted molar refractivity (Wildman–Crippen MR) is 137 cm³/mol. The van der Waals surface area contributed by atoms with Crippen LogP contribution < -0.4 is 15.9 Å². The molecule has 29 heavy (non-hydrogen) atoms. The monoisotopic (exact) mass is 437 g/mol. The minimum atomic E-state index is -1.67. The lowest BCUT2D eigenvalue weighted by molar-refractivity contribution is 0.743. The first-order chi connectivity index (χ1) is 14.2. The lowest BCUT2D eigenvalue weighted by atomic mass is 10.2. The summed E-state index contributed by atoms with van der Waals surface area (Å²) in [7, 11) is -1.67. The van der Waals surface area contributed by atoms with Crippen LogP contribution in [0.1, 0.15) is 26.2 Å². The van der Waals surface area contributed by atoms with Gasteiger partial charge in [-0.05, 0) is 74.1 Å². The molecule has 150 valence electrons. The van der Waals surface area contributed by atoms with Crippen molar-refractivity contribution >= 4 is 46.7 Å². The second-order valence-corrected chi connectivity index (χ2v) is 14.9. The topological polar surface area (TPSA) is 0 Å². The highest BCUT2D eigenvalue weighted by Gasteiger charge is 2.45. The third-order valence-corrected chi connectivity index (χ3v) is 13.7. The van der Waals surface area contributed by atoms with Crippen LogP contribution in [-0.4, -0.2) is 21.7 Å². The Kier molecular flexibility index (Phi) is 7.06. The van der Waals surface area contributed by atoms with Gasteiger partial charge in [0.2, 0.25) is 0 Å². The van der Waals surface area contributed by atoms with Crippen LogP contribution in [0.3, 0.4) is 0 Å². The Morgan fingerprint density at radius 3 is 1.52 bits per heavy atom. The highest BCUT2D eigenvalue weighted by atomic mass is 32.2. The summed E-state index contributed by atoms with van der Waals surface area (Å²) in [4.78, 5) is 0. The second kappa shape index (κ2) is 9.73. The van der Waals surface area contributed by atoms with Gasteiger partial charge in [0.1, 0.15) is 23.2 Å². The van der Waals surface area contributed by atoms with Crippen molar-refractivity contribution in [3.8, 4) is 0 Å². The maximum Gasteiger partial charge on any atom is 0.112 e. The van der Waals surface area contributed by atoms with Crippen molar-refractivity contribution in [2.45, 2.75) is 30.3 Å². The van der Waals surface area contributed by atoms with Gasteiger partial charge in [-0.1, -0.05) is 54.6 Å². The highest BCUT2D eigenvalue weighted by Crippen LogP contribution is 2.57. The summed E-state index contributed by atoms with van der Waals surface area (Å²) in [5.41, 5.74) is 0. The van der Waals surface area contributed by atoms with Crippen LogP contribution in [0.4, 0.5) is 0 Å². The van der Waals surface area contributed by atoms with E-state index >= 15 is 0 Å². The average Bonchev–Trinajstić information content (AvgIpc) is 2.79. The van der Waals surface area contributed by atoms with Crippen molar-refractivity contribution in [2.24, 2.45) is 0 Å². The largest absolute Gasteiger partial charge is 0.144 e. The van der Waals surface area contributed by atoms with Gasteiger partial charge in [-0.15, -0.1) is 23.5 Å². The summed E-state index contributed by atoms with van der Waals surface area (Å²) in [6, 6.07) is 33.9. The van der Waals surface area contributed by atoms with E-state index in [0.29, 0.717) is 4.08 Å². The van der Waals surface area contributed by atoms with Crippen molar-refractivity contribution in [3.63, 3.8) is 0 Å². The van der Waals surface area contributed by atoms with E-state index in [9.17, 15) is 0 Å². The van der Waals surface area contributed by atoms with E-state index in [1.54, 1.807) is 0 Å². The van der Waals surface area contributed by atoms with Gasteiger partial charge in [0, 0.05) is 0 Å². The first-order valence-corrected chi connectivity index (χ1v) is 14.5. The zero-order chi connectivity index (χ0) is 20.0. The van der Waals surface area contributed by atoms with Crippen LogP contribution in [0, 0.1) is 0 Å². The minimum Gasteiger partial charge on any atom is -0.144 e. The first-order valence-electron chi connectivity index (χ1n) is 10.6. The second-order valence-electron chi connectivity index (χ2n) is 7.83. The molecule has 0 bridgehead atoms. The highest BCUT2D eigenvalue weighted by molar-refractivity contribution is 8.18. The molecule has 0 nitrogen and oxygen atoms in total. The van der Waals surface area contributed by atoms with E-state index in [4.69, 9.17) is 0 Å². The zero-order valence-electron chi connectivity index (χ0n) is 17.2. The summed E-state index contributed by atoms with van der Waals surface area (Å²) < 4.78 is 0.387. The number of thioether (sulfide) groups is 2. The maximum absolute atomic E-state index is 2.47. The van der Waals surface area contributed by atoms with Crippen LogP contribution >= 0.6 is 30.8 Å². The lowest BCUT2D eigenvalue weighted by Gasteiger charge is -2.34. The van der Waals surface area contributed by atoms with Crippen LogP contribution in [0.2, 0.25) is 0 Å². The Bertz CT molecular complexity index is 778. The molecule has 0 N–H and O–H groups in total. The molecule has 0 spiro atoms. The van der Waals surface area contributed by atoms with E-state index < -0.39 is 7.26 Å². The van der Waals surface area contributed by atoms with Crippen molar-refractivity contribution in [3.05, 3.63) is 91.0 Å². The molecule has 1 aliphatic rings. The molecule has 1 saturated heterocycles. The molecule has 0 amide bonds. The molecule has 4 rings (SSSR count). The van der Waals surface area contributed by atoms with E-state index in [1.165, 1.54) is 52.8 Å². The molecule has 1 heterocycles. The third kappa shape index (κ3) is 4.76. The molecule has 0 atom stereocenters. The molecular weight excluding hydrogens is 407 g/mol. The van der Waals surface area contributed by atoms with Crippen molar-refractivity contribution in [2.75, 3.05) is 17.7 Å². The Balaban J connectivity index is 1.73. The molecule has 3 aromatic carbocycles. The molecule has 0 aliphatic carbocycles. The summed E-state index contributed by atoms with van der Waals surface area (Å²) in [6.45, 7) is 2.47. The maximum atomic E-state index is 2.47. The third-order valence-electron chi connectivity index (χ3n) is 5.82. The molecule has 3 heteroatoms. The van der Waals surface area contributed by atoms with Crippen molar-refractivity contribution < 1.29 is 0 Å². The quantitative estimate of drug-likeness (QED) is 0.395. The van der Waals surface area contributed by atoms with E-state index in [-0.39, 0.29) is 0 Å². The molecule has 0 unspecified atom stereocenters. The average molecular weight is 438 g/mol. The van der Waals surface area contributed by atoms with Gasteiger partial charge in [-0.25, -0.2) is 0 Å². The van der Waals surface area contributed by atoms with E-state index in [2.05, 4.69) is 121 Å². The van der Waals surface area contributed by atoms with E-state index in [1.807, 2.05) is 0 Å². The summed E-state index contributed by atoms with van der Waals surface area (Å²) in [6.07, 6.45) is 5.15. The number of rotatable bonds is 7. The molecule has 0 radical (unpaired) electrons. The van der Waals surface area contributed by atoms with Gasteiger partial charge in [0.15, 0.2) is 0 Å². The first kappa shape index (κ1) is 21.0. The number of hydrogen-bond acceptors (Lipinski definition) is 2. The smallest absolute Gasteiger partial charge is 0.112 e. The van der Waals surface area contributed by atoms with Gasteiger partial charge < -0.3 is 0 Å². The molecule has 0 saturated carbocycles. The summed E-state index contributed by atoms with van der Waals surface area (Å²) >= 11 is 4.36. The van der Waals surface area contributed by atoms with Gasteiger partial charge in [-0.2, -0.15) is 0 Å². The van der Waals surface area contributed by atoms with Gasteiger partial charge >= 0.3 is 0 Å². The molecule has 3 aromatic rings. The van der Waals surface area contributed by atoms with Crippen LogP contribution in [0.15, 0.2) is 91.0 Å². The van der Waals surface area contributed by atoms with Gasteiger partial charge in [-0.3, -0.25) is 0 Å². The SMILES string of the molecule is CC1(CCC[P+](c2ccccc2)(c2ccccc2)c2ccccc2)SCCCS1. The van der Waals surface area contributed by atoms with Crippen LogP contribution in [0.25, 0.3) is 0 Å². The number of benzene rings is 3. The summed E-state index contributed by atoms with van der Waals surface area (Å²) in [5, 5.41) is 4.52. The Morgan fingerprint density at radius 1 is 0.690 bits per heavy atom. The van der Waals surface area contributed by atoms with Gasteiger partial charge in [0.05, 0.1) is 10.2 Å². The Hall–Kier alpha value is -1.21. The molecular formula is C26H30PS2+. The molecule has 0 aromatic heterocycles. The fraction of sp³-hybridized carbons (Fsp3) is 0.308. The fourth-order valence-electron chi connectivity index (χ4n) is 4.34. The zero-order valence-corrected chi connectivity index (χ0v) is 19.7. The van der Waals surface area contributed by atoms with Crippen LogP contribution in [0.5, 0.6) is 0 Å². The summed E-state index contributed by atoms with van der Waals surface area (Å²) in [5.74, 6) is 2.64. The van der Waals surface area contributed by atoms with Crippen LogP contribution in [-0.2, 0) is 0 Å². The Morgan fingerprint density at radius 2 is 1.10 bits per heavy atom. The fourth-order valence-corrected chi connectivity index (χ4v) is 11.7.